The summed E-state index contributed by atoms with van der Waals surface area (Å²) in [6, 6.07) is 9.19. The van der Waals surface area contributed by atoms with E-state index in [-0.39, 0.29) is 18.1 Å². The Bertz CT molecular complexity index is 599. The van der Waals surface area contributed by atoms with E-state index in [9.17, 15) is 4.79 Å². The van der Waals surface area contributed by atoms with Gasteiger partial charge in [-0.25, -0.2) is 14.3 Å². The number of ether oxygens (including phenoxy) is 1. The lowest BCUT2D eigenvalue weighted by molar-refractivity contribution is 0.139. The summed E-state index contributed by atoms with van der Waals surface area (Å²) in [6.45, 7) is 6.24. The van der Waals surface area contributed by atoms with Gasteiger partial charge in [0, 0.05) is 12.4 Å². The molecule has 5 heteroatoms. The topological polar surface area (TPSA) is 70.1 Å². The van der Waals surface area contributed by atoms with Crippen molar-refractivity contribution < 1.29 is 9.53 Å². The van der Waals surface area contributed by atoms with Crippen molar-refractivity contribution >= 4 is 6.09 Å². The number of carbonyl (C=O) groups excluding carboxylic acids is 1. The standard InChI is InChI=1S/C16H21N3O2/c1-16(2,3)13(17)14-18-9-10-19(14)15(20)21-11-12-7-5-4-6-8-12/h4-10,13H,11,17H2,1-3H3/t13-/m1/s1. The van der Waals surface area contributed by atoms with Gasteiger partial charge in [-0.1, -0.05) is 51.1 Å². The lowest BCUT2D eigenvalue weighted by Gasteiger charge is -2.26. The summed E-state index contributed by atoms with van der Waals surface area (Å²) in [6.07, 6.45) is 2.67. The van der Waals surface area contributed by atoms with E-state index >= 15 is 0 Å². The van der Waals surface area contributed by atoms with Crippen molar-refractivity contribution in [2.45, 2.75) is 33.4 Å². The number of nitrogens with zero attached hydrogens (tertiary/aromatic N) is 2. The van der Waals surface area contributed by atoms with Crippen LogP contribution < -0.4 is 5.73 Å². The van der Waals surface area contributed by atoms with Crippen LogP contribution in [0.1, 0.15) is 38.2 Å². The number of imidazole rings is 1. The molecule has 112 valence electrons. The van der Waals surface area contributed by atoms with Gasteiger partial charge in [0.25, 0.3) is 0 Å². The number of hydrogen-bond donors (Lipinski definition) is 1. The molecule has 0 saturated carbocycles. The van der Waals surface area contributed by atoms with E-state index in [1.807, 2.05) is 51.1 Å². The minimum atomic E-state index is -0.467. The monoisotopic (exact) mass is 287 g/mol. The second-order valence-electron chi connectivity index (χ2n) is 6.04. The van der Waals surface area contributed by atoms with Gasteiger partial charge in [-0.2, -0.15) is 0 Å². The maximum atomic E-state index is 12.2. The summed E-state index contributed by atoms with van der Waals surface area (Å²) in [5.41, 5.74) is 6.92. The molecule has 21 heavy (non-hydrogen) atoms. The molecule has 0 aliphatic heterocycles. The van der Waals surface area contributed by atoms with E-state index in [2.05, 4.69) is 4.98 Å². The van der Waals surface area contributed by atoms with Gasteiger partial charge in [-0.3, -0.25) is 0 Å². The summed E-state index contributed by atoms with van der Waals surface area (Å²) in [4.78, 5) is 16.4. The molecule has 2 rings (SSSR count). The highest BCUT2D eigenvalue weighted by molar-refractivity contribution is 5.71. The third-order valence-corrected chi connectivity index (χ3v) is 3.28. The minimum absolute atomic E-state index is 0.192. The van der Waals surface area contributed by atoms with E-state index in [1.54, 1.807) is 12.4 Å². The number of aromatic nitrogens is 2. The molecule has 0 saturated heterocycles. The second-order valence-corrected chi connectivity index (χ2v) is 6.04. The van der Waals surface area contributed by atoms with E-state index in [4.69, 9.17) is 10.5 Å². The normalized spacial score (nSPS) is 13.0. The Morgan fingerprint density at radius 2 is 2.00 bits per heavy atom. The lowest BCUT2D eigenvalue weighted by atomic mass is 9.87. The maximum absolute atomic E-state index is 12.2. The first-order valence-corrected chi connectivity index (χ1v) is 6.89. The molecule has 5 nitrogen and oxygen atoms in total. The number of nitrogens with two attached hydrogens (primary N) is 1. The first-order chi connectivity index (χ1) is 9.89. The Morgan fingerprint density at radius 3 is 2.62 bits per heavy atom. The minimum Gasteiger partial charge on any atom is -0.444 e. The molecule has 0 unspecified atom stereocenters. The highest BCUT2D eigenvalue weighted by Crippen LogP contribution is 2.29. The fraction of sp³-hybridized carbons (Fsp3) is 0.375. The number of rotatable bonds is 3. The Morgan fingerprint density at radius 1 is 1.33 bits per heavy atom. The molecular formula is C16H21N3O2. The van der Waals surface area contributed by atoms with Crippen LogP contribution in [0.25, 0.3) is 0 Å². The number of carbonyl (C=O) groups is 1. The summed E-state index contributed by atoms with van der Waals surface area (Å²) >= 11 is 0. The Balaban J connectivity index is 2.09. The van der Waals surface area contributed by atoms with Gasteiger partial charge < -0.3 is 10.5 Å². The van der Waals surface area contributed by atoms with Crippen molar-refractivity contribution in [3.05, 3.63) is 54.1 Å². The predicted octanol–water partition coefficient (Wildman–Crippen LogP) is 3.11. The van der Waals surface area contributed by atoms with Gasteiger partial charge in [-0.05, 0) is 11.0 Å². The molecule has 1 atom stereocenters. The van der Waals surface area contributed by atoms with Gasteiger partial charge in [-0.15, -0.1) is 0 Å². The number of benzene rings is 1. The largest absolute Gasteiger partial charge is 0.444 e. The molecular weight excluding hydrogens is 266 g/mol. The predicted molar refractivity (Wildman–Crippen MR) is 80.6 cm³/mol. The highest BCUT2D eigenvalue weighted by Gasteiger charge is 2.28. The Labute approximate surface area is 124 Å². The third kappa shape index (κ3) is 3.70. The van der Waals surface area contributed by atoms with Gasteiger partial charge in [0.05, 0.1) is 6.04 Å². The summed E-state index contributed by atoms with van der Waals surface area (Å²) in [5.74, 6) is 0.514. The quantitative estimate of drug-likeness (QED) is 0.941. The molecule has 0 bridgehead atoms. The smallest absolute Gasteiger partial charge is 0.419 e. The molecule has 0 aliphatic rings. The molecule has 0 amide bonds. The maximum Gasteiger partial charge on any atom is 0.419 e. The van der Waals surface area contributed by atoms with Crippen molar-refractivity contribution in [3.8, 4) is 0 Å². The third-order valence-electron chi connectivity index (χ3n) is 3.28. The van der Waals surface area contributed by atoms with E-state index in [0.717, 1.165) is 5.56 Å². The van der Waals surface area contributed by atoms with Crippen molar-refractivity contribution in [1.82, 2.24) is 9.55 Å². The van der Waals surface area contributed by atoms with Crippen LogP contribution in [-0.2, 0) is 11.3 Å². The van der Waals surface area contributed by atoms with E-state index in [0.29, 0.717) is 5.82 Å². The fourth-order valence-electron chi connectivity index (χ4n) is 1.88. The molecule has 0 aliphatic carbocycles. The van der Waals surface area contributed by atoms with Crippen LogP contribution in [0.2, 0.25) is 0 Å². The van der Waals surface area contributed by atoms with Crippen molar-refractivity contribution in [1.29, 1.82) is 0 Å². The van der Waals surface area contributed by atoms with Crippen molar-refractivity contribution in [2.75, 3.05) is 0 Å². The molecule has 2 N–H and O–H groups in total. The summed E-state index contributed by atoms with van der Waals surface area (Å²) < 4.78 is 6.68. The van der Waals surface area contributed by atoms with Crippen LogP contribution in [0.5, 0.6) is 0 Å². The average molecular weight is 287 g/mol. The van der Waals surface area contributed by atoms with Gasteiger partial charge >= 0.3 is 6.09 Å². The Kier molecular flexibility index (Phi) is 4.43. The average Bonchev–Trinajstić information content (AvgIpc) is 2.93. The molecule has 1 aromatic heterocycles. The van der Waals surface area contributed by atoms with Crippen LogP contribution in [0.15, 0.2) is 42.7 Å². The first kappa shape index (κ1) is 15.3. The van der Waals surface area contributed by atoms with E-state index in [1.165, 1.54) is 4.57 Å². The molecule has 2 aromatic rings. The number of hydrogen-bond acceptors (Lipinski definition) is 4. The van der Waals surface area contributed by atoms with Crippen LogP contribution in [0, 0.1) is 5.41 Å². The molecule has 1 heterocycles. The summed E-state index contributed by atoms with van der Waals surface area (Å²) in [7, 11) is 0. The van der Waals surface area contributed by atoms with E-state index < -0.39 is 6.09 Å². The van der Waals surface area contributed by atoms with Crippen LogP contribution in [0.4, 0.5) is 4.79 Å². The van der Waals surface area contributed by atoms with Gasteiger partial charge in [0.1, 0.15) is 12.4 Å². The van der Waals surface area contributed by atoms with Crippen LogP contribution >= 0.6 is 0 Å². The van der Waals surface area contributed by atoms with Crippen LogP contribution in [0.3, 0.4) is 0 Å². The molecule has 1 aromatic carbocycles. The van der Waals surface area contributed by atoms with Gasteiger partial charge in [0.2, 0.25) is 0 Å². The van der Waals surface area contributed by atoms with Crippen LogP contribution in [-0.4, -0.2) is 15.6 Å². The first-order valence-electron chi connectivity index (χ1n) is 6.89. The zero-order valence-electron chi connectivity index (χ0n) is 12.6. The molecule has 0 fully saturated rings. The lowest BCUT2D eigenvalue weighted by Crippen LogP contribution is -2.31. The van der Waals surface area contributed by atoms with Crippen molar-refractivity contribution in [3.63, 3.8) is 0 Å². The highest BCUT2D eigenvalue weighted by atomic mass is 16.5. The zero-order valence-corrected chi connectivity index (χ0v) is 12.6. The zero-order chi connectivity index (χ0) is 15.5. The summed E-state index contributed by atoms with van der Waals surface area (Å²) in [5, 5.41) is 0. The fourth-order valence-corrected chi connectivity index (χ4v) is 1.88. The second kappa shape index (κ2) is 6.10. The molecule has 0 radical (unpaired) electrons. The molecule has 0 spiro atoms. The SMILES string of the molecule is CC(C)(C)[C@H](N)c1nccn1C(=O)OCc1ccccc1. The van der Waals surface area contributed by atoms with Crippen molar-refractivity contribution in [2.24, 2.45) is 11.1 Å². The Hall–Kier alpha value is -2.14. The van der Waals surface area contributed by atoms with Gasteiger partial charge in [0.15, 0.2) is 0 Å².